The number of hydrogen-bond acceptors (Lipinski definition) is 6. The molecule has 0 radical (unpaired) electrons. The van der Waals surface area contributed by atoms with Gasteiger partial charge in [0.05, 0.1) is 29.2 Å². The van der Waals surface area contributed by atoms with E-state index in [0.717, 1.165) is 68.1 Å². The molecule has 0 amide bonds. The number of carboxylic acids is 1. The van der Waals surface area contributed by atoms with Gasteiger partial charge >= 0.3 is 5.97 Å². The smallest absolute Gasteiger partial charge is 0.335 e. The first-order chi connectivity index (χ1) is 20.9. The van der Waals surface area contributed by atoms with Crippen molar-refractivity contribution >= 4 is 33.3 Å². The standard InChI is InChI=1S/C34H43ClN2O6S/c1-20(21(2)44(36,40)41)25-13-26(14-25)32(42-3)28-9-6-24(28)17-37-18-34(12-4-5-22-15-27(35)8-10-29(22)34)19-43-31-11-7-23(33(38)39)16-30(31)37/h7-8,10-11,13,15-16,20-21,24-25,28,32H,4-6,9,12,14,17-19H2,1-3H3,(H,38,39)(H2,36,40,41)/t20-,21-,24+,25+,28-,32+,34+/m1/s1. The van der Waals surface area contributed by atoms with Crippen molar-refractivity contribution < 1.29 is 27.8 Å². The number of carbonyl (C=O) groups is 1. The molecule has 0 bridgehead atoms. The number of benzene rings is 2. The molecule has 8 nitrogen and oxygen atoms in total. The number of hydrogen-bond donors (Lipinski definition) is 2. The maximum atomic E-state index is 12.0. The third kappa shape index (κ3) is 5.77. The first kappa shape index (κ1) is 31.4. The molecule has 44 heavy (non-hydrogen) atoms. The number of carboxylic acid groups (broad SMARTS) is 1. The van der Waals surface area contributed by atoms with Crippen LogP contribution in [0.15, 0.2) is 48.0 Å². The molecule has 2 aromatic carbocycles. The number of sulfonamides is 1. The lowest BCUT2D eigenvalue weighted by molar-refractivity contribution is -0.000487. The van der Waals surface area contributed by atoms with Gasteiger partial charge in [-0.25, -0.2) is 18.4 Å². The minimum atomic E-state index is -3.59. The van der Waals surface area contributed by atoms with Crippen LogP contribution >= 0.6 is 11.6 Å². The van der Waals surface area contributed by atoms with Gasteiger partial charge in [-0.05, 0) is 116 Å². The van der Waals surface area contributed by atoms with Gasteiger partial charge in [0.25, 0.3) is 0 Å². The number of aromatic carboxylic acids is 1. The Balaban J connectivity index is 1.27. The second kappa shape index (κ2) is 12.0. The van der Waals surface area contributed by atoms with Crippen LogP contribution in [-0.2, 0) is 26.6 Å². The van der Waals surface area contributed by atoms with E-state index in [1.165, 1.54) is 16.7 Å². The molecule has 0 unspecified atom stereocenters. The van der Waals surface area contributed by atoms with E-state index in [-0.39, 0.29) is 28.9 Å². The number of rotatable bonds is 9. The Labute approximate surface area is 265 Å². The van der Waals surface area contributed by atoms with E-state index in [1.54, 1.807) is 32.2 Å². The van der Waals surface area contributed by atoms with Crippen LogP contribution in [-0.4, -0.2) is 57.7 Å². The first-order valence-electron chi connectivity index (χ1n) is 15.7. The first-order valence-corrected chi connectivity index (χ1v) is 17.7. The minimum absolute atomic E-state index is 0.0263. The van der Waals surface area contributed by atoms with Gasteiger partial charge in [0.2, 0.25) is 10.0 Å². The summed E-state index contributed by atoms with van der Waals surface area (Å²) in [5, 5.41) is 15.4. The highest BCUT2D eigenvalue weighted by molar-refractivity contribution is 7.89. The van der Waals surface area contributed by atoms with Crippen LogP contribution in [0.25, 0.3) is 0 Å². The summed E-state index contributed by atoms with van der Waals surface area (Å²) in [4.78, 5) is 14.4. The summed E-state index contributed by atoms with van der Waals surface area (Å²) >= 11 is 6.40. The fraction of sp³-hybridized carbons (Fsp3) is 0.559. The number of nitrogens with two attached hydrogens (primary N) is 1. The number of anilines is 1. The lowest BCUT2D eigenvalue weighted by atomic mass is 9.64. The zero-order chi connectivity index (χ0) is 31.4. The van der Waals surface area contributed by atoms with Crippen molar-refractivity contribution in [3.8, 4) is 5.75 Å². The van der Waals surface area contributed by atoms with Crippen molar-refractivity contribution in [1.29, 1.82) is 0 Å². The van der Waals surface area contributed by atoms with Gasteiger partial charge in [-0.1, -0.05) is 30.7 Å². The molecule has 0 saturated heterocycles. The molecule has 1 aliphatic heterocycles. The van der Waals surface area contributed by atoms with Crippen LogP contribution in [0.3, 0.4) is 0 Å². The van der Waals surface area contributed by atoms with Crippen LogP contribution in [0.5, 0.6) is 5.75 Å². The zero-order valence-corrected chi connectivity index (χ0v) is 27.2. The third-order valence-corrected chi connectivity index (χ3v) is 12.8. The Morgan fingerprint density at radius 1 is 1.23 bits per heavy atom. The van der Waals surface area contributed by atoms with Gasteiger partial charge < -0.3 is 19.5 Å². The van der Waals surface area contributed by atoms with E-state index in [9.17, 15) is 18.3 Å². The largest absolute Gasteiger partial charge is 0.490 e. The van der Waals surface area contributed by atoms with E-state index in [1.807, 2.05) is 13.0 Å². The Morgan fingerprint density at radius 2 is 2.00 bits per heavy atom. The zero-order valence-electron chi connectivity index (χ0n) is 25.7. The van der Waals surface area contributed by atoms with E-state index in [0.29, 0.717) is 18.4 Å². The second-order valence-electron chi connectivity index (χ2n) is 13.5. The van der Waals surface area contributed by atoms with Crippen molar-refractivity contribution in [2.45, 2.75) is 69.1 Å². The summed E-state index contributed by atoms with van der Waals surface area (Å²) in [6.45, 7) is 5.66. The van der Waals surface area contributed by atoms with E-state index < -0.39 is 21.2 Å². The fourth-order valence-electron chi connectivity index (χ4n) is 8.06. The maximum Gasteiger partial charge on any atom is 0.335 e. The SMILES string of the molecule is CO[C@@H](C1=C[C@H]([C@H](C)[C@@H](C)S(N)(=O)=O)C1)[C@@H]1CC[C@H]1CN1C[C@@]2(CCCc3cc(Cl)ccc32)COc2ccc(C(=O)O)cc21. The Morgan fingerprint density at radius 3 is 2.66 bits per heavy atom. The molecule has 6 rings (SSSR count). The Bertz CT molecular complexity index is 1580. The summed E-state index contributed by atoms with van der Waals surface area (Å²) in [7, 11) is -1.83. The minimum Gasteiger partial charge on any atom is -0.490 e. The van der Waals surface area contributed by atoms with Gasteiger partial charge in [-0.2, -0.15) is 0 Å². The summed E-state index contributed by atoms with van der Waals surface area (Å²) in [6.07, 6.45) is 8.10. The molecule has 10 heteroatoms. The Kier molecular flexibility index (Phi) is 8.54. The van der Waals surface area contributed by atoms with Gasteiger partial charge in [0.1, 0.15) is 5.75 Å². The monoisotopic (exact) mass is 642 g/mol. The molecule has 0 aromatic heterocycles. The van der Waals surface area contributed by atoms with Crippen molar-refractivity contribution in [2.75, 3.05) is 31.7 Å². The molecule has 1 fully saturated rings. The summed E-state index contributed by atoms with van der Waals surface area (Å²) in [6, 6.07) is 11.4. The maximum absolute atomic E-state index is 12.0. The topological polar surface area (TPSA) is 119 Å². The second-order valence-corrected chi connectivity index (χ2v) is 15.9. The number of halogens is 1. The predicted molar refractivity (Wildman–Crippen MR) is 172 cm³/mol. The third-order valence-electron chi connectivity index (χ3n) is 11.1. The van der Waals surface area contributed by atoms with Crippen molar-refractivity contribution in [1.82, 2.24) is 0 Å². The number of fused-ring (bicyclic) bond motifs is 3. The van der Waals surface area contributed by atoms with Crippen molar-refractivity contribution in [3.05, 3.63) is 69.8 Å². The molecular weight excluding hydrogens is 600 g/mol. The van der Waals surface area contributed by atoms with Crippen molar-refractivity contribution in [2.24, 2.45) is 28.8 Å². The van der Waals surface area contributed by atoms with E-state index >= 15 is 0 Å². The van der Waals surface area contributed by atoms with E-state index in [4.69, 9.17) is 26.2 Å². The highest BCUT2D eigenvalue weighted by Crippen LogP contribution is 2.49. The van der Waals surface area contributed by atoms with Crippen molar-refractivity contribution in [3.63, 3.8) is 0 Å². The van der Waals surface area contributed by atoms with Crippen LogP contribution in [0, 0.1) is 23.7 Å². The predicted octanol–water partition coefficient (Wildman–Crippen LogP) is 5.81. The fourth-order valence-corrected chi connectivity index (χ4v) is 9.06. The average molecular weight is 643 g/mol. The number of ether oxygens (including phenoxy) is 2. The number of primary sulfonamides is 1. The molecule has 2 aromatic rings. The lowest BCUT2D eigenvalue weighted by Gasteiger charge is -2.48. The van der Waals surface area contributed by atoms with Gasteiger partial charge in [0.15, 0.2) is 0 Å². The molecule has 3 N–H and O–H groups in total. The molecule has 1 saturated carbocycles. The molecule has 1 heterocycles. The highest BCUT2D eigenvalue weighted by Gasteiger charge is 2.46. The number of methoxy groups -OCH3 is 1. The average Bonchev–Trinajstić information content (AvgIpc) is 3.09. The van der Waals surface area contributed by atoms with E-state index in [2.05, 4.69) is 23.1 Å². The summed E-state index contributed by atoms with van der Waals surface area (Å²) < 4.78 is 36.5. The van der Waals surface area contributed by atoms with Crippen LogP contribution < -0.4 is 14.8 Å². The molecule has 238 valence electrons. The van der Waals surface area contributed by atoms with Gasteiger partial charge in [-0.3, -0.25) is 0 Å². The summed E-state index contributed by atoms with van der Waals surface area (Å²) in [5.41, 5.74) is 4.62. The molecule has 1 spiro atoms. The summed E-state index contributed by atoms with van der Waals surface area (Å²) in [5.74, 6) is 0.535. The van der Waals surface area contributed by atoms with Gasteiger partial charge in [-0.15, -0.1) is 0 Å². The number of nitrogens with zero attached hydrogens (tertiary/aromatic N) is 1. The molecular formula is C34H43ClN2O6S. The Hall–Kier alpha value is -2.59. The van der Waals surface area contributed by atoms with Crippen LogP contribution in [0.4, 0.5) is 5.69 Å². The molecule has 7 atom stereocenters. The highest BCUT2D eigenvalue weighted by atomic mass is 35.5. The van der Waals surface area contributed by atoms with Crippen LogP contribution in [0.1, 0.15) is 67.4 Å². The quantitative estimate of drug-likeness (QED) is 0.331. The normalized spacial score (nSPS) is 28.2. The number of allylic oxidation sites excluding steroid dienone is 1. The van der Waals surface area contributed by atoms with Gasteiger partial charge in [0, 0.05) is 30.6 Å². The molecule has 3 aliphatic carbocycles. The molecule has 4 aliphatic rings. The number of aryl methyl sites for hydroxylation is 1. The van der Waals surface area contributed by atoms with Crippen LogP contribution in [0.2, 0.25) is 5.02 Å². The lowest BCUT2D eigenvalue weighted by Crippen LogP contribution is -2.50.